The molecule has 0 unspecified atom stereocenters. The summed E-state index contributed by atoms with van der Waals surface area (Å²) in [6.45, 7) is 0. The van der Waals surface area contributed by atoms with E-state index in [-0.39, 0.29) is 5.69 Å². The van der Waals surface area contributed by atoms with Crippen LogP contribution in [0.1, 0.15) is 5.76 Å². The lowest BCUT2D eigenvalue weighted by molar-refractivity contribution is -0.384. The number of furan rings is 1. The van der Waals surface area contributed by atoms with E-state index in [0.717, 1.165) is 6.08 Å². The number of nitro groups is 1. The Kier molecular flexibility index (Phi) is 3.92. The van der Waals surface area contributed by atoms with E-state index in [1.165, 1.54) is 23.7 Å². The summed E-state index contributed by atoms with van der Waals surface area (Å²) in [5, 5.41) is 18.9. The summed E-state index contributed by atoms with van der Waals surface area (Å²) in [5.41, 5.74) is 2.14. The zero-order valence-electron chi connectivity index (χ0n) is 10.1. The third kappa shape index (κ3) is 3.09. The number of nitrogens with one attached hydrogen (secondary N) is 1. The lowest BCUT2D eigenvalue weighted by atomic mass is 10.1. The van der Waals surface area contributed by atoms with Crippen LogP contribution in [0.3, 0.4) is 0 Å². The van der Waals surface area contributed by atoms with Gasteiger partial charge in [0.05, 0.1) is 4.92 Å². The molecule has 1 heterocycles. The van der Waals surface area contributed by atoms with Gasteiger partial charge in [0, 0.05) is 23.8 Å². The average Bonchev–Trinajstić information content (AvgIpc) is 2.93. The van der Waals surface area contributed by atoms with Crippen molar-refractivity contribution in [3.63, 3.8) is 0 Å². The van der Waals surface area contributed by atoms with E-state index in [1.807, 2.05) is 0 Å². The number of non-ortho nitro benzene ring substituents is 1. The molecular weight excluding hydrogens is 264 g/mol. The van der Waals surface area contributed by atoms with Gasteiger partial charge < -0.3 is 4.42 Å². The number of nitrogens with zero attached hydrogens (tertiary/aromatic N) is 1. The van der Waals surface area contributed by atoms with Crippen molar-refractivity contribution in [3.05, 3.63) is 58.3 Å². The maximum atomic E-state index is 10.8. The molecule has 0 radical (unpaired) electrons. The molecule has 0 atom stereocenters. The molecule has 2 N–H and O–H groups in total. The van der Waals surface area contributed by atoms with Gasteiger partial charge >= 0.3 is 0 Å². The van der Waals surface area contributed by atoms with Crippen molar-refractivity contribution in [2.24, 2.45) is 0 Å². The monoisotopic (exact) mass is 274 g/mol. The molecule has 2 rings (SSSR count). The second-order valence-electron chi connectivity index (χ2n) is 3.82. The summed E-state index contributed by atoms with van der Waals surface area (Å²) in [6.07, 6.45) is 2.50. The molecule has 7 nitrogen and oxygen atoms in total. The largest absolute Gasteiger partial charge is 0.457 e. The van der Waals surface area contributed by atoms with E-state index in [9.17, 15) is 14.9 Å². The summed E-state index contributed by atoms with van der Waals surface area (Å²) in [7, 11) is 0. The third-order valence-corrected chi connectivity index (χ3v) is 2.50. The Morgan fingerprint density at radius 1 is 1.25 bits per heavy atom. The fourth-order valence-electron chi connectivity index (χ4n) is 1.54. The Hall–Kier alpha value is -2.93. The molecule has 102 valence electrons. The Morgan fingerprint density at radius 2 is 1.95 bits per heavy atom. The SMILES string of the molecule is O=C(/C=C/c1ccc(-c2ccc([N+](=O)[O-])cc2)o1)NO. The van der Waals surface area contributed by atoms with Crippen molar-refractivity contribution in [2.45, 2.75) is 0 Å². The molecule has 1 aromatic carbocycles. The van der Waals surface area contributed by atoms with Gasteiger partial charge in [-0.3, -0.25) is 20.1 Å². The average molecular weight is 274 g/mol. The van der Waals surface area contributed by atoms with Crippen LogP contribution in [-0.2, 0) is 4.79 Å². The molecule has 0 saturated carbocycles. The highest BCUT2D eigenvalue weighted by Crippen LogP contribution is 2.24. The van der Waals surface area contributed by atoms with E-state index in [4.69, 9.17) is 9.62 Å². The minimum Gasteiger partial charge on any atom is -0.457 e. The van der Waals surface area contributed by atoms with Crippen LogP contribution in [-0.4, -0.2) is 16.0 Å². The number of benzene rings is 1. The van der Waals surface area contributed by atoms with Crippen LogP contribution in [0.4, 0.5) is 5.69 Å². The first-order valence-corrected chi connectivity index (χ1v) is 5.57. The van der Waals surface area contributed by atoms with Gasteiger partial charge in [0.2, 0.25) is 0 Å². The van der Waals surface area contributed by atoms with E-state index in [1.54, 1.807) is 24.3 Å². The fraction of sp³-hybridized carbons (Fsp3) is 0. The molecule has 20 heavy (non-hydrogen) atoms. The first-order chi connectivity index (χ1) is 9.60. The number of amides is 1. The molecule has 0 aliphatic heterocycles. The molecule has 0 aliphatic rings. The van der Waals surface area contributed by atoms with E-state index in [0.29, 0.717) is 17.1 Å². The molecule has 0 spiro atoms. The van der Waals surface area contributed by atoms with Crippen LogP contribution in [0, 0.1) is 10.1 Å². The van der Waals surface area contributed by atoms with Crippen LogP contribution >= 0.6 is 0 Å². The highest BCUT2D eigenvalue weighted by molar-refractivity contribution is 5.90. The van der Waals surface area contributed by atoms with Crippen molar-refractivity contribution < 1.29 is 19.3 Å². The number of rotatable bonds is 4. The zero-order chi connectivity index (χ0) is 14.5. The number of hydroxylamine groups is 1. The number of carbonyl (C=O) groups is 1. The first kappa shape index (κ1) is 13.5. The Labute approximate surface area is 113 Å². The van der Waals surface area contributed by atoms with Crippen LogP contribution in [0.25, 0.3) is 17.4 Å². The minimum atomic E-state index is -0.668. The molecule has 2 aromatic rings. The maximum Gasteiger partial charge on any atom is 0.269 e. The quantitative estimate of drug-likeness (QED) is 0.385. The summed E-state index contributed by atoms with van der Waals surface area (Å²) in [6, 6.07) is 9.23. The molecule has 0 fully saturated rings. The zero-order valence-corrected chi connectivity index (χ0v) is 10.1. The summed E-state index contributed by atoms with van der Waals surface area (Å²) in [5.74, 6) is 0.268. The number of hydrogen-bond donors (Lipinski definition) is 2. The lowest BCUT2D eigenvalue weighted by Gasteiger charge is -1.96. The van der Waals surface area contributed by atoms with Gasteiger partial charge in [-0.25, -0.2) is 5.48 Å². The van der Waals surface area contributed by atoms with Crippen molar-refractivity contribution >= 4 is 17.7 Å². The van der Waals surface area contributed by atoms with Gasteiger partial charge in [-0.1, -0.05) is 0 Å². The van der Waals surface area contributed by atoms with Gasteiger partial charge in [0.25, 0.3) is 11.6 Å². The normalized spacial score (nSPS) is 10.7. The molecule has 0 aliphatic carbocycles. The predicted octanol–water partition coefficient (Wildman–Crippen LogP) is 2.37. The first-order valence-electron chi connectivity index (χ1n) is 5.57. The third-order valence-electron chi connectivity index (χ3n) is 2.50. The van der Waals surface area contributed by atoms with E-state index >= 15 is 0 Å². The minimum absolute atomic E-state index is 0.0000392. The number of hydrogen-bond acceptors (Lipinski definition) is 5. The number of carbonyl (C=O) groups excluding carboxylic acids is 1. The van der Waals surface area contributed by atoms with Gasteiger partial charge in [0.15, 0.2) is 0 Å². The van der Waals surface area contributed by atoms with E-state index < -0.39 is 10.8 Å². The van der Waals surface area contributed by atoms with Crippen LogP contribution in [0.2, 0.25) is 0 Å². The molecular formula is C13H10N2O5. The van der Waals surface area contributed by atoms with Crippen molar-refractivity contribution in [2.75, 3.05) is 0 Å². The second-order valence-corrected chi connectivity index (χ2v) is 3.82. The van der Waals surface area contributed by atoms with E-state index in [2.05, 4.69) is 0 Å². The summed E-state index contributed by atoms with van der Waals surface area (Å²) < 4.78 is 5.45. The van der Waals surface area contributed by atoms with Gasteiger partial charge in [-0.05, 0) is 30.3 Å². The highest BCUT2D eigenvalue weighted by Gasteiger charge is 2.07. The fourth-order valence-corrected chi connectivity index (χ4v) is 1.54. The van der Waals surface area contributed by atoms with Crippen LogP contribution < -0.4 is 5.48 Å². The molecule has 1 aromatic heterocycles. The van der Waals surface area contributed by atoms with Crippen molar-refractivity contribution in [1.82, 2.24) is 5.48 Å². The number of nitro benzene ring substituents is 1. The smallest absolute Gasteiger partial charge is 0.269 e. The Bertz CT molecular complexity index is 658. The van der Waals surface area contributed by atoms with Gasteiger partial charge in [-0.15, -0.1) is 0 Å². The maximum absolute atomic E-state index is 10.8. The van der Waals surface area contributed by atoms with Crippen LogP contribution in [0.5, 0.6) is 0 Å². The highest BCUT2D eigenvalue weighted by atomic mass is 16.6. The Balaban J connectivity index is 2.18. The Morgan fingerprint density at radius 3 is 2.55 bits per heavy atom. The predicted molar refractivity (Wildman–Crippen MR) is 69.8 cm³/mol. The molecule has 0 saturated heterocycles. The summed E-state index contributed by atoms with van der Waals surface area (Å²) >= 11 is 0. The van der Waals surface area contributed by atoms with Gasteiger partial charge in [-0.2, -0.15) is 0 Å². The molecule has 1 amide bonds. The van der Waals surface area contributed by atoms with Gasteiger partial charge in [0.1, 0.15) is 11.5 Å². The standard InChI is InChI=1S/C13H10N2O5/c16-13(14-17)8-6-11-5-7-12(20-11)9-1-3-10(4-2-9)15(18)19/h1-8,17H,(H,14,16)/b8-6+. The van der Waals surface area contributed by atoms with Crippen molar-refractivity contribution in [3.8, 4) is 11.3 Å². The molecule has 0 bridgehead atoms. The molecule has 7 heteroatoms. The topological polar surface area (TPSA) is 106 Å². The van der Waals surface area contributed by atoms with Crippen LogP contribution in [0.15, 0.2) is 46.9 Å². The summed E-state index contributed by atoms with van der Waals surface area (Å²) in [4.78, 5) is 20.9. The van der Waals surface area contributed by atoms with Crippen molar-refractivity contribution in [1.29, 1.82) is 0 Å². The lowest BCUT2D eigenvalue weighted by Crippen LogP contribution is -2.14. The second kappa shape index (κ2) is 5.81.